The average Bonchev–Trinajstić information content (AvgIpc) is 1.75. The van der Waals surface area contributed by atoms with Gasteiger partial charge in [0, 0.05) is 156 Å². The van der Waals surface area contributed by atoms with Gasteiger partial charge in [0.25, 0.3) is 0 Å². The highest BCUT2D eigenvalue weighted by atomic mass is 35.5. The fraction of sp³-hybridized carbons (Fsp3) is 0.279. The number of likely N-dealkylation sites (N-methyl/N-ethyl adjacent to an activating group) is 2. The van der Waals surface area contributed by atoms with Crippen LogP contribution in [0.5, 0.6) is 11.5 Å². The van der Waals surface area contributed by atoms with Crippen molar-refractivity contribution in [1.82, 2.24) is 104 Å². The van der Waals surface area contributed by atoms with E-state index in [-0.39, 0.29) is 42.9 Å². The second-order valence-electron chi connectivity index (χ2n) is 29.9. The van der Waals surface area contributed by atoms with E-state index in [0.29, 0.717) is 102 Å². The third-order valence-electron chi connectivity index (χ3n) is 20.3. The molecule has 0 unspecified atom stereocenters. The van der Waals surface area contributed by atoms with Crippen LogP contribution in [-0.2, 0) is 16.0 Å². The zero-order valence-corrected chi connectivity index (χ0v) is 71.3. The van der Waals surface area contributed by atoms with Crippen LogP contribution in [0, 0.1) is 5.82 Å². The second-order valence-corrected chi connectivity index (χ2v) is 30.3. The number of morpholine rings is 2. The van der Waals surface area contributed by atoms with E-state index < -0.39 is 5.82 Å². The van der Waals surface area contributed by atoms with Crippen LogP contribution in [0.3, 0.4) is 0 Å². The smallest absolute Gasteiger partial charge is 0.248 e. The van der Waals surface area contributed by atoms with Crippen LogP contribution in [0.1, 0.15) is 19.4 Å². The minimum absolute atomic E-state index is 0.0502. The van der Waals surface area contributed by atoms with Crippen LogP contribution in [0.2, 0.25) is 5.02 Å². The maximum Gasteiger partial charge on any atom is 0.248 e. The topological polar surface area (TPSA) is 453 Å². The zero-order valence-electron chi connectivity index (χ0n) is 70.5. The number of hydrogen-bond acceptors (Lipinski definition) is 35. The van der Waals surface area contributed by atoms with Crippen LogP contribution in [0.4, 0.5) is 115 Å². The molecule has 0 aliphatic carbocycles. The van der Waals surface area contributed by atoms with Gasteiger partial charge in [-0.3, -0.25) is 4.90 Å². The highest BCUT2D eigenvalue weighted by Gasteiger charge is 2.24. The number of aliphatic hydroxyl groups excluding tert-OH is 1. The van der Waals surface area contributed by atoms with Crippen LogP contribution in [0.25, 0.3) is 23.1 Å². The fourth-order valence-corrected chi connectivity index (χ4v) is 14.0. The monoisotopic (exact) mass is 1740 g/mol. The third-order valence-corrected chi connectivity index (χ3v) is 20.6. The van der Waals surface area contributed by atoms with Crippen LogP contribution < -0.4 is 79.0 Å². The van der Waals surface area contributed by atoms with E-state index in [1.165, 1.54) is 44.4 Å². The van der Waals surface area contributed by atoms with Gasteiger partial charge in [-0.25, -0.2) is 34.3 Å². The van der Waals surface area contributed by atoms with Crippen molar-refractivity contribution in [2.45, 2.75) is 26.5 Å². The van der Waals surface area contributed by atoms with Crippen molar-refractivity contribution in [3.8, 4) is 34.6 Å². The Morgan fingerprint density at radius 1 is 0.441 bits per heavy atom. The molecule has 15 N–H and O–H groups in total. The Labute approximate surface area is 736 Å². The summed E-state index contributed by atoms with van der Waals surface area (Å²) in [6.07, 6.45) is 6.35. The number of pyridine rings is 2. The lowest BCUT2D eigenvalue weighted by molar-refractivity contribution is 0.122. The van der Waals surface area contributed by atoms with Gasteiger partial charge in [0.2, 0.25) is 47.6 Å². The van der Waals surface area contributed by atoms with Gasteiger partial charge in [-0.2, -0.15) is 38.7 Å². The molecule has 0 saturated carbocycles. The van der Waals surface area contributed by atoms with Crippen LogP contribution in [0.15, 0.2) is 207 Å². The summed E-state index contributed by atoms with van der Waals surface area (Å²) in [6.45, 7) is 19.6. The summed E-state index contributed by atoms with van der Waals surface area (Å²) >= 11 is 6.52. The Kier molecular flexibility index (Phi) is 28.9. The minimum atomic E-state index is -0.568. The summed E-state index contributed by atoms with van der Waals surface area (Å²) in [4.78, 5) is 56.8. The van der Waals surface area contributed by atoms with Gasteiger partial charge in [-0.05, 0) is 131 Å². The molecule has 14 aromatic rings. The maximum atomic E-state index is 14.3. The van der Waals surface area contributed by atoms with E-state index >= 15 is 0 Å². The van der Waals surface area contributed by atoms with Gasteiger partial charge in [-0.15, -0.1) is 20.4 Å². The summed E-state index contributed by atoms with van der Waals surface area (Å²) < 4.78 is 42.5. The predicted molar refractivity (Wildman–Crippen MR) is 490 cm³/mol. The molecule has 4 aliphatic heterocycles. The van der Waals surface area contributed by atoms with Gasteiger partial charge in [0.1, 0.15) is 54.0 Å². The van der Waals surface area contributed by atoms with Gasteiger partial charge in [0.05, 0.1) is 66.9 Å². The lowest BCUT2D eigenvalue weighted by Gasteiger charge is -2.33. The number of halogens is 2. The molecular formula is C86H100ClFN34O5. The number of nitrogens with one attached hydrogen (secondary N) is 6. The predicted octanol–water partition coefficient (Wildman–Crippen LogP) is 10.4. The number of hydrogen-bond donors (Lipinski definition) is 11. The molecule has 0 bridgehead atoms. The average molecular weight is 1740 g/mol. The third kappa shape index (κ3) is 23.8. The molecule has 4 saturated heterocycles. The summed E-state index contributed by atoms with van der Waals surface area (Å²) in [5.41, 5.74) is 32.9. The molecule has 4 aliphatic rings. The molecule has 0 atom stereocenters. The van der Waals surface area contributed by atoms with Gasteiger partial charge in [-0.1, -0.05) is 66.2 Å². The van der Waals surface area contributed by atoms with Gasteiger partial charge >= 0.3 is 0 Å². The van der Waals surface area contributed by atoms with E-state index in [1.54, 1.807) is 35.3 Å². The number of anilines is 19. The summed E-state index contributed by atoms with van der Waals surface area (Å²) in [6, 6.07) is 56.6. The molecule has 6 aromatic carbocycles. The quantitative estimate of drug-likeness (QED) is 0.0240. The Bertz CT molecular complexity index is 5870. The lowest BCUT2D eigenvalue weighted by Crippen LogP contribution is -2.44. The Morgan fingerprint density at radius 3 is 1.52 bits per heavy atom. The first kappa shape index (κ1) is 87.2. The molecule has 0 spiro atoms. The molecule has 127 heavy (non-hydrogen) atoms. The summed E-state index contributed by atoms with van der Waals surface area (Å²) in [7, 11) is 4.31. The van der Waals surface area contributed by atoms with Crippen LogP contribution in [-0.4, -0.2) is 247 Å². The van der Waals surface area contributed by atoms with E-state index in [2.05, 4.69) is 164 Å². The SMILES string of the molecule is CC(C)Oc1cc(Nc2nc(N)n(-c3ccnc(N4CCN(C)CC4)c3)n2)ccc1N1CCOCC1.CN1CCN(Cc2ccc(Nc3nc(N)n(-c4ccccn4)n3)cc2)CC1.Nc1nc(Nc2ccc(N3CCOCC3)cc2Cl)nn1-c1cc(Nc2ccccc2)ncn1.Nc1nc(Nc2ccc(OCCO)cc2F)nn1-c1cc(Nc2ccccc2)ncn1. The van der Waals surface area contributed by atoms with Crippen molar-refractivity contribution in [3.63, 3.8) is 0 Å². The number of ether oxygens (including phenoxy) is 4. The number of benzene rings is 6. The standard InChI is InChI=1S/C25H35N9O2.C22H22ClN9O.C20H19FN8O2.C19H24N8/c1-18(2)36-22-16-19(4-5-21(22)32-12-14-35-15-13-32)28-25-29-24(26)34(30-25)20-6-7-27-23(17-20)33-10-8-31(3)9-11-33;23-17-12-16(31-8-10-33-11-9-31)6-7-18(17)28-22-29-21(24)32(30-22)20-13-19(25-14-26-20)27-15-4-2-1-3-5-15;21-15-10-14(31-9-8-30)6-7-16(15)26-20-27-19(22)29(28-20)18-11-17(23-12-24-18)25-13-4-2-1-3-5-13;1-25-10-12-26(13-11-25)14-15-5-7-16(8-6-15)22-19-23-18(20)27(24-19)17-4-2-3-9-21-17/h4-7,16-18H,8-15H2,1-3H3,(H3,26,28,29,30);1-7,12-14H,8-11H2,(H,25,26,27)(H3,24,28,29,30);1-7,10-12,30H,8-9H2,(H,23,24,25)(H3,22,26,27,28);2-9H,10-14H2,1H3,(H3,20,22,23,24). The molecule has 658 valence electrons. The molecule has 4 fully saturated rings. The molecule has 18 rings (SSSR count). The molecule has 0 amide bonds. The Balaban J connectivity index is 0.000000131. The van der Waals surface area contributed by atoms with Crippen molar-refractivity contribution in [2.75, 3.05) is 202 Å². The fourth-order valence-electron chi connectivity index (χ4n) is 13.8. The van der Waals surface area contributed by atoms with Crippen molar-refractivity contribution in [1.29, 1.82) is 0 Å². The first-order valence-corrected chi connectivity index (χ1v) is 41.7. The number of nitrogens with zero attached hydrogens (tertiary/aromatic N) is 24. The van der Waals surface area contributed by atoms with E-state index in [0.717, 1.165) is 136 Å². The number of aliphatic hydroxyl groups is 1. The number of nitrogens with two attached hydrogens (primary N) is 4. The van der Waals surface area contributed by atoms with Crippen molar-refractivity contribution >= 4 is 122 Å². The van der Waals surface area contributed by atoms with Crippen molar-refractivity contribution < 1.29 is 28.4 Å². The normalized spacial score (nSPS) is 14.3. The number of rotatable bonds is 26. The number of nitrogen functional groups attached to an aromatic ring is 4. The molecule has 12 heterocycles. The van der Waals surface area contributed by atoms with Gasteiger partial charge < -0.3 is 103 Å². The Morgan fingerprint density at radius 2 is 0.953 bits per heavy atom. The Hall–Kier alpha value is -14.7. The lowest BCUT2D eigenvalue weighted by atomic mass is 10.2. The first-order valence-electron chi connectivity index (χ1n) is 41.3. The zero-order chi connectivity index (χ0) is 88.0. The minimum Gasteiger partial charge on any atom is -0.491 e. The highest BCUT2D eigenvalue weighted by molar-refractivity contribution is 6.33. The second kappa shape index (κ2) is 42.1. The largest absolute Gasteiger partial charge is 0.491 e. The summed E-state index contributed by atoms with van der Waals surface area (Å²) in [5.74, 6) is 6.24. The number of para-hydroxylation sites is 2. The molecule has 41 heteroatoms. The van der Waals surface area contributed by atoms with Crippen LogP contribution >= 0.6 is 11.6 Å². The van der Waals surface area contributed by atoms with E-state index in [1.807, 2.05) is 147 Å². The molecule has 39 nitrogen and oxygen atoms in total. The molecule has 8 aromatic heterocycles. The van der Waals surface area contributed by atoms with Crippen molar-refractivity contribution in [3.05, 3.63) is 223 Å². The molecule has 0 radical (unpaired) electrons. The summed E-state index contributed by atoms with van der Waals surface area (Å²) in [5, 5.41) is 45.8. The number of piperazine rings is 2. The van der Waals surface area contributed by atoms with E-state index in [4.69, 9.17) is 58.6 Å². The molecular weight excluding hydrogens is 1640 g/mol. The van der Waals surface area contributed by atoms with Crippen molar-refractivity contribution in [2.24, 2.45) is 0 Å². The first-order chi connectivity index (χ1) is 61.9. The van der Waals surface area contributed by atoms with Gasteiger partial charge in [0.15, 0.2) is 17.5 Å². The highest BCUT2D eigenvalue weighted by Crippen LogP contribution is 2.36. The van der Waals surface area contributed by atoms with E-state index in [9.17, 15) is 4.39 Å². The maximum absolute atomic E-state index is 14.3. The number of aromatic nitrogens is 18.